The van der Waals surface area contributed by atoms with Gasteiger partial charge in [-0.2, -0.15) is 0 Å². The van der Waals surface area contributed by atoms with Crippen molar-refractivity contribution in [3.8, 4) is 5.75 Å². The minimum atomic E-state index is 0.0504. The molecule has 150 valence electrons. The van der Waals surface area contributed by atoms with Crippen molar-refractivity contribution < 1.29 is 9.53 Å². The highest BCUT2D eigenvalue weighted by Crippen LogP contribution is 2.15. The van der Waals surface area contributed by atoms with Crippen LogP contribution in [0, 0.1) is 0 Å². The molecule has 3 rings (SSSR count). The summed E-state index contributed by atoms with van der Waals surface area (Å²) in [7, 11) is 0. The molecule has 1 heterocycles. The van der Waals surface area contributed by atoms with Gasteiger partial charge >= 0.3 is 0 Å². The predicted octanol–water partition coefficient (Wildman–Crippen LogP) is 3.31. The second kappa shape index (κ2) is 10.7. The van der Waals surface area contributed by atoms with E-state index in [9.17, 15) is 4.79 Å². The number of ether oxygens (including phenoxy) is 1. The van der Waals surface area contributed by atoms with E-state index < -0.39 is 0 Å². The zero-order valence-corrected chi connectivity index (χ0v) is 17.3. The summed E-state index contributed by atoms with van der Waals surface area (Å²) in [6.07, 6.45) is 0. The lowest BCUT2D eigenvalue weighted by Crippen LogP contribution is -2.50. The summed E-state index contributed by atoms with van der Waals surface area (Å²) in [4.78, 5) is 16.7. The van der Waals surface area contributed by atoms with Crippen molar-refractivity contribution in [1.82, 2.24) is 15.1 Å². The number of hydrogen-bond acceptors (Lipinski definition) is 4. The molecule has 1 amide bonds. The van der Waals surface area contributed by atoms with Crippen LogP contribution < -0.4 is 10.1 Å². The van der Waals surface area contributed by atoms with E-state index in [1.807, 2.05) is 48.5 Å². The lowest BCUT2D eigenvalue weighted by Gasteiger charge is -2.34. The maximum Gasteiger partial charge on any atom is 0.234 e. The fourth-order valence-corrected chi connectivity index (χ4v) is 3.31. The zero-order chi connectivity index (χ0) is 19.8. The molecule has 7 heteroatoms. The van der Waals surface area contributed by atoms with E-state index in [1.165, 1.54) is 0 Å². The third-order valence-corrected chi connectivity index (χ3v) is 5.23. The quantitative estimate of drug-likeness (QED) is 0.709. The van der Waals surface area contributed by atoms with E-state index in [0.717, 1.165) is 44.0 Å². The van der Waals surface area contributed by atoms with Gasteiger partial charge in [-0.05, 0) is 42.0 Å². The average molecular weight is 422 g/mol. The number of rotatable bonds is 8. The Kier molecular flexibility index (Phi) is 7.98. The first-order chi connectivity index (χ1) is 13.6. The Bertz CT molecular complexity index is 745. The fourth-order valence-electron chi connectivity index (χ4n) is 3.06. The van der Waals surface area contributed by atoms with Gasteiger partial charge in [-0.1, -0.05) is 35.3 Å². The van der Waals surface area contributed by atoms with Crippen LogP contribution in [0.1, 0.15) is 5.56 Å². The average Bonchev–Trinajstić information content (AvgIpc) is 2.70. The predicted molar refractivity (Wildman–Crippen MR) is 113 cm³/mol. The van der Waals surface area contributed by atoms with Crippen LogP contribution in [-0.2, 0) is 11.3 Å². The molecule has 2 aromatic rings. The summed E-state index contributed by atoms with van der Waals surface area (Å²) in [5.74, 6) is 0.884. The summed E-state index contributed by atoms with van der Waals surface area (Å²) < 4.78 is 5.75. The highest BCUT2D eigenvalue weighted by atomic mass is 35.5. The van der Waals surface area contributed by atoms with Crippen LogP contribution in [-0.4, -0.2) is 61.6 Å². The van der Waals surface area contributed by atoms with Crippen LogP contribution in [0.5, 0.6) is 5.75 Å². The molecule has 1 aliphatic rings. The molecule has 0 bridgehead atoms. The van der Waals surface area contributed by atoms with Crippen LogP contribution in [0.15, 0.2) is 48.5 Å². The number of nitrogens with one attached hydrogen (secondary N) is 1. The molecule has 0 unspecified atom stereocenters. The zero-order valence-electron chi connectivity index (χ0n) is 15.7. The summed E-state index contributed by atoms with van der Waals surface area (Å²) in [5, 5.41) is 4.38. The van der Waals surface area contributed by atoms with Crippen LogP contribution in [0.3, 0.4) is 0 Å². The third kappa shape index (κ3) is 6.99. The van der Waals surface area contributed by atoms with Gasteiger partial charge < -0.3 is 10.1 Å². The van der Waals surface area contributed by atoms with E-state index in [1.54, 1.807) is 0 Å². The molecule has 0 saturated carbocycles. The van der Waals surface area contributed by atoms with Crippen LogP contribution >= 0.6 is 23.2 Å². The van der Waals surface area contributed by atoms with Crippen molar-refractivity contribution in [2.45, 2.75) is 6.54 Å². The normalized spacial score (nSPS) is 15.4. The second-order valence-electron chi connectivity index (χ2n) is 6.82. The highest BCUT2D eigenvalue weighted by molar-refractivity contribution is 6.30. The van der Waals surface area contributed by atoms with Gasteiger partial charge in [0.2, 0.25) is 5.91 Å². The molecule has 28 heavy (non-hydrogen) atoms. The molecule has 0 radical (unpaired) electrons. The molecule has 0 aromatic heterocycles. The Morgan fingerprint density at radius 3 is 2.11 bits per heavy atom. The lowest BCUT2D eigenvalue weighted by atomic mass is 10.2. The van der Waals surface area contributed by atoms with Crippen molar-refractivity contribution in [2.75, 3.05) is 45.9 Å². The van der Waals surface area contributed by atoms with Crippen LogP contribution in [0.25, 0.3) is 0 Å². The van der Waals surface area contributed by atoms with Gasteiger partial charge in [0.25, 0.3) is 0 Å². The largest absolute Gasteiger partial charge is 0.492 e. The molecule has 0 spiro atoms. The van der Waals surface area contributed by atoms with E-state index in [4.69, 9.17) is 27.9 Å². The van der Waals surface area contributed by atoms with Gasteiger partial charge in [0.1, 0.15) is 12.4 Å². The van der Waals surface area contributed by atoms with Gasteiger partial charge in [-0.15, -0.1) is 0 Å². The van der Waals surface area contributed by atoms with Gasteiger partial charge in [-0.3, -0.25) is 14.6 Å². The summed E-state index contributed by atoms with van der Waals surface area (Å²) in [6.45, 7) is 6.12. The minimum Gasteiger partial charge on any atom is -0.492 e. The smallest absolute Gasteiger partial charge is 0.234 e. The first-order valence-electron chi connectivity index (χ1n) is 9.43. The third-order valence-electron chi connectivity index (χ3n) is 4.72. The Hall–Kier alpha value is -1.79. The molecular weight excluding hydrogens is 397 g/mol. The van der Waals surface area contributed by atoms with Crippen molar-refractivity contribution >= 4 is 29.1 Å². The number of halogens is 2. The Labute approximate surface area is 176 Å². The summed E-state index contributed by atoms with van der Waals surface area (Å²) >= 11 is 11.7. The van der Waals surface area contributed by atoms with E-state index in [0.29, 0.717) is 29.7 Å². The molecule has 2 aromatic carbocycles. The topological polar surface area (TPSA) is 44.8 Å². The maximum atomic E-state index is 12.2. The number of carbonyl (C=O) groups is 1. The number of piperazine rings is 1. The molecule has 1 saturated heterocycles. The van der Waals surface area contributed by atoms with Crippen molar-refractivity contribution in [3.05, 3.63) is 64.1 Å². The molecule has 5 nitrogen and oxygen atoms in total. The summed E-state index contributed by atoms with van der Waals surface area (Å²) in [5.41, 5.74) is 1.04. The van der Waals surface area contributed by atoms with Crippen molar-refractivity contribution in [1.29, 1.82) is 0 Å². The molecule has 1 aliphatic heterocycles. The maximum absolute atomic E-state index is 12.2. The first kappa shape index (κ1) is 20.9. The molecule has 1 N–H and O–H groups in total. The Morgan fingerprint density at radius 1 is 0.893 bits per heavy atom. The van der Waals surface area contributed by atoms with Gasteiger partial charge in [0.05, 0.1) is 6.54 Å². The number of nitrogens with zero attached hydrogens (tertiary/aromatic N) is 2. The number of carbonyl (C=O) groups excluding carboxylic acids is 1. The van der Waals surface area contributed by atoms with Gasteiger partial charge in [0, 0.05) is 49.3 Å². The van der Waals surface area contributed by atoms with Gasteiger partial charge in [0.15, 0.2) is 0 Å². The highest BCUT2D eigenvalue weighted by Gasteiger charge is 2.18. The SMILES string of the molecule is O=C(CN1CCN(CCOc2ccc(Cl)cc2)CC1)NCc1ccc(Cl)cc1. The Morgan fingerprint density at radius 2 is 1.46 bits per heavy atom. The molecule has 0 aliphatic carbocycles. The number of hydrogen-bond donors (Lipinski definition) is 1. The molecular formula is C21H25Cl2N3O2. The molecule has 1 fully saturated rings. The number of benzene rings is 2. The first-order valence-corrected chi connectivity index (χ1v) is 10.2. The number of amides is 1. The fraction of sp³-hybridized carbons (Fsp3) is 0.381. The van der Waals surface area contributed by atoms with Crippen molar-refractivity contribution in [3.63, 3.8) is 0 Å². The van der Waals surface area contributed by atoms with Crippen LogP contribution in [0.4, 0.5) is 0 Å². The Balaban J connectivity index is 1.29. The van der Waals surface area contributed by atoms with E-state index in [-0.39, 0.29) is 5.91 Å². The summed E-state index contributed by atoms with van der Waals surface area (Å²) in [6, 6.07) is 14.9. The van der Waals surface area contributed by atoms with Gasteiger partial charge in [-0.25, -0.2) is 0 Å². The van der Waals surface area contributed by atoms with E-state index >= 15 is 0 Å². The monoisotopic (exact) mass is 421 g/mol. The minimum absolute atomic E-state index is 0.0504. The standard InChI is InChI=1S/C21H25Cl2N3O2/c22-18-3-1-17(2-4-18)15-24-21(27)16-26-11-9-25(10-12-26)13-14-28-20-7-5-19(23)6-8-20/h1-8H,9-16H2,(H,24,27). The molecule has 0 atom stereocenters. The van der Waals surface area contributed by atoms with Crippen LogP contribution in [0.2, 0.25) is 10.0 Å². The second-order valence-corrected chi connectivity index (χ2v) is 7.70. The van der Waals surface area contributed by atoms with E-state index in [2.05, 4.69) is 15.1 Å². The van der Waals surface area contributed by atoms with Crippen molar-refractivity contribution in [2.24, 2.45) is 0 Å². The lowest BCUT2D eigenvalue weighted by molar-refractivity contribution is -0.122.